The Kier molecular flexibility index (Phi) is 6.26. The molecule has 6 nitrogen and oxygen atoms in total. The van der Waals surface area contributed by atoms with Crippen LogP contribution < -0.4 is 5.43 Å². The van der Waals surface area contributed by atoms with Crippen molar-refractivity contribution in [2.45, 2.75) is 38.0 Å². The Morgan fingerprint density at radius 1 is 1.00 bits per heavy atom. The molecule has 0 unspecified atom stereocenters. The topological polar surface area (TPSA) is 78.8 Å². The number of sulfonamides is 1. The number of hydrogen-bond donors (Lipinski definition) is 1. The van der Waals surface area contributed by atoms with Gasteiger partial charge in [-0.05, 0) is 61.6 Å². The highest BCUT2D eigenvalue weighted by Crippen LogP contribution is 2.21. The SMILES string of the molecule is CCc1ccc(/C(C)=N\NC(=O)c2ccc(S(=O)(=O)N3CCCC3)cc2)cc1. The summed E-state index contributed by atoms with van der Waals surface area (Å²) in [6.45, 7) is 5.03. The van der Waals surface area contributed by atoms with E-state index >= 15 is 0 Å². The second kappa shape index (κ2) is 8.67. The molecule has 1 aliphatic heterocycles. The van der Waals surface area contributed by atoms with Gasteiger partial charge in [-0.15, -0.1) is 0 Å². The minimum atomic E-state index is -3.47. The fourth-order valence-corrected chi connectivity index (χ4v) is 4.62. The van der Waals surface area contributed by atoms with Crippen LogP contribution in [-0.2, 0) is 16.4 Å². The Labute approximate surface area is 166 Å². The summed E-state index contributed by atoms with van der Waals surface area (Å²) >= 11 is 0. The van der Waals surface area contributed by atoms with Crippen molar-refractivity contribution in [1.82, 2.24) is 9.73 Å². The van der Waals surface area contributed by atoms with Gasteiger partial charge in [-0.25, -0.2) is 13.8 Å². The number of hydrazone groups is 1. The third-order valence-corrected chi connectivity index (χ3v) is 6.84. The van der Waals surface area contributed by atoms with Crippen LogP contribution in [0.5, 0.6) is 0 Å². The average Bonchev–Trinajstić information content (AvgIpc) is 3.28. The molecule has 28 heavy (non-hydrogen) atoms. The summed E-state index contributed by atoms with van der Waals surface area (Å²) < 4.78 is 26.6. The van der Waals surface area contributed by atoms with Crippen LogP contribution >= 0.6 is 0 Å². The van der Waals surface area contributed by atoms with Crippen LogP contribution in [-0.4, -0.2) is 37.4 Å². The predicted molar refractivity (Wildman–Crippen MR) is 110 cm³/mol. The van der Waals surface area contributed by atoms with E-state index < -0.39 is 10.0 Å². The van der Waals surface area contributed by atoms with Gasteiger partial charge in [0.2, 0.25) is 10.0 Å². The Morgan fingerprint density at radius 3 is 2.14 bits per heavy atom. The lowest BCUT2D eigenvalue weighted by molar-refractivity contribution is 0.0954. The van der Waals surface area contributed by atoms with Gasteiger partial charge >= 0.3 is 0 Å². The summed E-state index contributed by atoms with van der Waals surface area (Å²) in [4.78, 5) is 12.5. The number of nitrogens with one attached hydrogen (secondary N) is 1. The molecule has 2 aromatic rings. The van der Waals surface area contributed by atoms with E-state index in [-0.39, 0.29) is 10.8 Å². The zero-order chi connectivity index (χ0) is 20.1. The largest absolute Gasteiger partial charge is 0.271 e. The molecule has 0 radical (unpaired) electrons. The molecule has 2 aromatic carbocycles. The molecular formula is C21H25N3O3S. The maximum absolute atomic E-state index is 12.5. The van der Waals surface area contributed by atoms with E-state index in [4.69, 9.17) is 0 Å². The first kappa shape index (κ1) is 20.2. The Hall–Kier alpha value is -2.51. The van der Waals surface area contributed by atoms with Crippen molar-refractivity contribution >= 4 is 21.6 Å². The smallest absolute Gasteiger partial charge is 0.267 e. The highest BCUT2D eigenvalue weighted by molar-refractivity contribution is 7.89. The lowest BCUT2D eigenvalue weighted by atomic mass is 10.1. The van der Waals surface area contributed by atoms with E-state index in [1.807, 2.05) is 31.2 Å². The molecule has 0 saturated carbocycles. The zero-order valence-electron chi connectivity index (χ0n) is 16.2. The first-order valence-electron chi connectivity index (χ1n) is 9.46. The highest BCUT2D eigenvalue weighted by atomic mass is 32.2. The minimum absolute atomic E-state index is 0.210. The van der Waals surface area contributed by atoms with Gasteiger partial charge in [0.1, 0.15) is 0 Å². The fraction of sp³-hybridized carbons (Fsp3) is 0.333. The summed E-state index contributed by atoms with van der Waals surface area (Å²) in [5.41, 5.74) is 5.76. The van der Waals surface area contributed by atoms with E-state index in [0.717, 1.165) is 24.8 Å². The summed E-state index contributed by atoms with van der Waals surface area (Å²) in [5, 5.41) is 4.15. The second-order valence-electron chi connectivity index (χ2n) is 6.82. The van der Waals surface area contributed by atoms with Crippen molar-refractivity contribution in [2.75, 3.05) is 13.1 Å². The molecular weight excluding hydrogens is 374 g/mol. The van der Waals surface area contributed by atoms with E-state index in [2.05, 4.69) is 17.5 Å². The fourth-order valence-electron chi connectivity index (χ4n) is 3.10. The van der Waals surface area contributed by atoms with E-state index in [1.54, 1.807) is 0 Å². The third kappa shape index (κ3) is 4.48. The van der Waals surface area contributed by atoms with Crippen LogP contribution in [0.25, 0.3) is 0 Å². The van der Waals surface area contributed by atoms with Gasteiger partial charge in [-0.3, -0.25) is 4.79 Å². The van der Waals surface area contributed by atoms with E-state index in [1.165, 1.54) is 34.1 Å². The normalized spacial score (nSPS) is 15.6. The maximum Gasteiger partial charge on any atom is 0.271 e. The Balaban J connectivity index is 1.67. The van der Waals surface area contributed by atoms with Crippen LogP contribution in [0.2, 0.25) is 0 Å². The van der Waals surface area contributed by atoms with Gasteiger partial charge in [0.25, 0.3) is 5.91 Å². The van der Waals surface area contributed by atoms with Gasteiger partial charge in [0.05, 0.1) is 10.6 Å². The summed E-state index contributed by atoms with van der Waals surface area (Å²) in [6, 6.07) is 14.0. The van der Waals surface area contributed by atoms with Crippen molar-refractivity contribution in [3.8, 4) is 0 Å². The van der Waals surface area contributed by atoms with E-state index in [0.29, 0.717) is 24.4 Å². The number of benzene rings is 2. The lowest BCUT2D eigenvalue weighted by Gasteiger charge is -2.15. The number of carbonyl (C=O) groups is 1. The van der Waals surface area contributed by atoms with Crippen LogP contribution in [0, 0.1) is 0 Å². The van der Waals surface area contributed by atoms with Gasteiger partial charge in [0, 0.05) is 18.7 Å². The molecule has 3 rings (SSSR count). The maximum atomic E-state index is 12.5. The summed E-state index contributed by atoms with van der Waals surface area (Å²) in [7, 11) is -3.47. The number of hydrogen-bond acceptors (Lipinski definition) is 4. The molecule has 1 heterocycles. The van der Waals surface area contributed by atoms with Crippen LogP contribution in [0.3, 0.4) is 0 Å². The number of aryl methyl sites for hydroxylation is 1. The highest BCUT2D eigenvalue weighted by Gasteiger charge is 2.27. The van der Waals surface area contributed by atoms with Crippen molar-refractivity contribution in [1.29, 1.82) is 0 Å². The van der Waals surface area contributed by atoms with Crippen LogP contribution in [0.15, 0.2) is 58.5 Å². The first-order valence-corrected chi connectivity index (χ1v) is 10.9. The molecule has 1 saturated heterocycles. The monoisotopic (exact) mass is 399 g/mol. The number of carbonyl (C=O) groups excluding carboxylic acids is 1. The molecule has 1 aliphatic rings. The number of amides is 1. The van der Waals surface area contributed by atoms with Gasteiger partial charge in [-0.1, -0.05) is 31.2 Å². The second-order valence-corrected chi connectivity index (χ2v) is 8.76. The number of rotatable bonds is 6. The molecule has 0 spiro atoms. The van der Waals surface area contributed by atoms with Gasteiger partial charge in [-0.2, -0.15) is 9.41 Å². The molecule has 0 aromatic heterocycles. The third-order valence-electron chi connectivity index (χ3n) is 4.92. The first-order chi connectivity index (χ1) is 13.4. The summed E-state index contributed by atoms with van der Waals surface area (Å²) in [6.07, 6.45) is 2.74. The predicted octanol–water partition coefficient (Wildman–Crippen LogP) is 3.19. The molecule has 0 bridgehead atoms. The van der Waals surface area contributed by atoms with Crippen molar-refractivity contribution in [2.24, 2.45) is 5.10 Å². The quantitative estimate of drug-likeness (QED) is 0.598. The van der Waals surface area contributed by atoms with E-state index in [9.17, 15) is 13.2 Å². The minimum Gasteiger partial charge on any atom is -0.267 e. The van der Waals surface area contributed by atoms with Gasteiger partial charge in [0.15, 0.2) is 0 Å². The molecule has 148 valence electrons. The summed E-state index contributed by atoms with van der Waals surface area (Å²) in [5.74, 6) is -0.380. The lowest BCUT2D eigenvalue weighted by Crippen LogP contribution is -2.28. The van der Waals surface area contributed by atoms with Crippen molar-refractivity contribution in [3.05, 3.63) is 65.2 Å². The Bertz CT molecular complexity index is 959. The average molecular weight is 400 g/mol. The zero-order valence-corrected chi connectivity index (χ0v) is 17.0. The molecule has 0 atom stereocenters. The van der Waals surface area contributed by atoms with Crippen LogP contribution in [0.1, 0.15) is 48.2 Å². The standard InChI is InChI=1S/C21H25N3O3S/c1-3-17-6-8-18(9-7-17)16(2)22-23-21(25)19-10-12-20(13-11-19)28(26,27)24-14-4-5-15-24/h6-13H,3-5,14-15H2,1-2H3,(H,23,25)/b22-16-. The van der Waals surface area contributed by atoms with Crippen molar-refractivity contribution in [3.63, 3.8) is 0 Å². The molecule has 7 heteroatoms. The molecule has 1 amide bonds. The van der Waals surface area contributed by atoms with Crippen molar-refractivity contribution < 1.29 is 13.2 Å². The number of nitrogens with zero attached hydrogens (tertiary/aromatic N) is 2. The van der Waals surface area contributed by atoms with Gasteiger partial charge < -0.3 is 0 Å². The molecule has 1 fully saturated rings. The molecule has 0 aliphatic carbocycles. The Morgan fingerprint density at radius 2 is 1.57 bits per heavy atom. The van der Waals surface area contributed by atoms with Crippen LogP contribution in [0.4, 0.5) is 0 Å². The molecule has 1 N–H and O–H groups in total.